The largest absolute Gasteiger partial charge is 0.491 e. The molecule has 0 heterocycles. The zero-order valence-corrected chi connectivity index (χ0v) is 12.6. The highest BCUT2D eigenvalue weighted by Gasteiger charge is 2.35. The molecule has 2 rings (SSSR count). The fraction of sp³-hybridized carbons (Fsp3) is 0.462. The molecule has 1 fully saturated rings. The van der Waals surface area contributed by atoms with Crippen molar-refractivity contribution in [3.05, 3.63) is 27.7 Å². The number of ether oxygens (including phenoxy) is 1. The van der Waals surface area contributed by atoms with Gasteiger partial charge in [-0.1, -0.05) is 11.6 Å². The molecule has 0 radical (unpaired) electrons. The molecule has 0 aliphatic heterocycles. The van der Waals surface area contributed by atoms with E-state index in [1.807, 2.05) is 0 Å². The molecule has 1 aromatic rings. The quantitative estimate of drug-likeness (QED) is 0.744. The van der Waals surface area contributed by atoms with E-state index in [1.54, 1.807) is 18.2 Å². The van der Waals surface area contributed by atoms with Gasteiger partial charge in [-0.2, -0.15) is 0 Å². The van der Waals surface area contributed by atoms with Crippen LogP contribution in [0.25, 0.3) is 0 Å². The summed E-state index contributed by atoms with van der Waals surface area (Å²) in [4.78, 5) is 11.0. The normalized spacial score (nSPS) is 16.1. The smallest absolute Gasteiger partial charge is 0.320 e. The first-order valence-corrected chi connectivity index (χ1v) is 7.29. The van der Waals surface area contributed by atoms with Crippen LogP contribution in [-0.2, 0) is 4.79 Å². The summed E-state index contributed by atoms with van der Waals surface area (Å²) in [7, 11) is 0. The lowest BCUT2D eigenvalue weighted by atomic mass is 10.2. The predicted molar refractivity (Wildman–Crippen MR) is 76.8 cm³/mol. The summed E-state index contributed by atoms with van der Waals surface area (Å²) in [6.07, 6.45) is 1.99. The number of hydrogen-bond acceptors (Lipinski definition) is 3. The van der Waals surface area contributed by atoms with E-state index in [9.17, 15) is 4.79 Å². The third-order valence-corrected chi connectivity index (χ3v) is 3.83. The molecule has 0 aromatic heterocycles. The Morgan fingerprint density at radius 2 is 2.32 bits per heavy atom. The number of carboxylic acid groups (broad SMARTS) is 1. The predicted octanol–water partition coefficient (Wildman–Crippen LogP) is 2.93. The van der Waals surface area contributed by atoms with Crippen molar-refractivity contribution in [1.29, 1.82) is 0 Å². The van der Waals surface area contributed by atoms with Gasteiger partial charge >= 0.3 is 5.97 Å². The van der Waals surface area contributed by atoms with Gasteiger partial charge in [-0.25, -0.2) is 0 Å². The number of benzene rings is 1. The third kappa shape index (κ3) is 4.37. The van der Waals surface area contributed by atoms with Crippen LogP contribution in [0.15, 0.2) is 22.7 Å². The van der Waals surface area contributed by atoms with Crippen molar-refractivity contribution in [1.82, 2.24) is 5.32 Å². The van der Waals surface area contributed by atoms with E-state index in [2.05, 4.69) is 21.2 Å². The number of carboxylic acids is 1. The maximum Gasteiger partial charge on any atom is 0.320 e. The van der Waals surface area contributed by atoms with Crippen molar-refractivity contribution in [2.24, 2.45) is 5.92 Å². The highest BCUT2D eigenvalue weighted by molar-refractivity contribution is 9.10. The van der Waals surface area contributed by atoms with Crippen LogP contribution in [0.3, 0.4) is 0 Å². The van der Waals surface area contributed by atoms with E-state index >= 15 is 0 Å². The average Bonchev–Trinajstić information content (AvgIpc) is 3.15. The van der Waals surface area contributed by atoms with E-state index in [0.717, 1.165) is 17.3 Å². The number of rotatable bonds is 7. The van der Waals surface area contributed by atoms with E-state index < -0.39 is 12.0 Å². The van der Waals surface area contributed by atoms with Gasteiger partial charge in [0.2, 0.25) is 0 Å². The first-order valence-electron chi connectivity index (χ1n) is 6.12. The van der Waals surface area contributed by atoms with Crippen molar-refractivity contribution in [2.45, 2.75) is 18.9 Å². The maximum atomic E-state index is 11.0. The number of halogens is 2. The molecule has 0 saturated heterocycles. The number of nitrogens with one attached hydrogen (secondary N) is 1. The Kier molecular flexibility index (Phi) is 5.07. The fourth-order valence-corrected chi connectivity index (χ4v) is 2.65. The standard InChI is InChI=1S/C13H15BrClNO3/c14-10-7-9(15)3-4-11(10)19-6-5-16-12(13(17)18)8-1-2-8/h3-4,7-8,12,16H,1-2,5-6H2,(H,17,18). The van der Waals surface area contributed by atoms with Gasteiger partial charge in [0.1, 0.15) is 18.4 Å². The molecule has 1 aliphatic rings. The van der Waals surface area contributed by atoms with Crippen molar-refractivity contribution in [3.63, 3.8) is 0 Å². The van der Waals surface area contributed by atoms with Gasteiger partial charge < -0.3 is 15.2 Å². The van der Waals surface area contributed by atoms with E-state index in [4.69, 9.17) is 21.4 Å². The minimum absolute atomic E-state index is 0.278. The van der Waals surface area contributed by atoms with E-state index in [1.165, 1.54) is 0 Å². The Hall–Kier alpha value is -0.780. The van der Waals surface area contributed by atoms with Crippen LogP contribution in [0.5, 0.6) is 5.75 Å². The van der Waals surface area contributed by atoms with Gasteiger partial charge in [-0.15, -0.1) is 0 Å². The van der Waals surface area contributed by atoms with Crippen LogP contribution in [0.4, 0.5) is 0 Å². The summed E-state index contributed by atoms with van der Waals surface area (Å²) in [5.74, 6) is 0.194. The minimum Gasteiger partial charge on any atom is -0.491 e. The summed E-state index contributed by atoms with van der Waals surface area (Å²) in [6.45, 7) is 0.916. The molecule has 0 amide bonds. The number of carbonyl (C=O) groups is 1. The topological polar surface area (TPSA) is 58.6 Å². The Labute approximate surface area is 125 Å². The van der Waals surface area contributed by atoms with Gasteiger partial charge in [0.15, 0.2) is 0 Å². The molecule has 1 aliphatic carbocycles. The lowest BCUT2D eigenvalue weighted by Gasteiger charge is -2.14. The molecule has 19 heavy (non-hydrogen) atoms. The van der Waals surface area contributed by atoms with Gasteiger partial charge in [-0.05, 0) is 52.9 Å². The zero-order valence-electron chi connectivity index (χ0n) is 10.2. The third-order valence-electron chi connectivity index (χ3n) is 2.98. The van der Waals surface area contributed by atoms with Crippen LogP contribution in [0, 0.1) is 5.92 Å². The molecule has 4 nitrogen and oxygen atoms in total. The van der Waals surface area contributed by atoms with Crippen LogP contribution in [-0.4, -0.2) is 30.3 Å². The highest BCUT2D eigenvalue weighted by atomic mass is 79.9. The molecule has 0 spiro atoms. The highest BCUT2D eigenvalue weighted by Crippen LogP contribution is 2.32. The average molecular weight is 349 g/mol. The van der Waals surface area contributed by atoms with Crippen LogP contribution >= 0.6 is 27.5 Å². The zero-order chi connectivity index (χ0) is 13.8. The molecule has 0 bridgehead atoms. The molecule has 1 atom stereocenters. The first kappa shape index (κ1) is 14.6. The monoisotopic (exact) mass is 347 g/mol. The van der Waals surface area contributed by atoms with Crippen LogP contribution in [0.1, 0.15) is 12.8 Å². The maximum absolute atomic E-state index is 11.0. The summed E-state index contributed by atoms with van der Waals surface area (Å²) in [5.41, 5.74) is 0. The summed E-state index contributed by atoms with van der Waals surface area (Å²) in [5, 5.41) is 12.7. The first-order chi connectivity index (χ1) is 9.08. The van der Waals surface area contributed by atoms with Crippen LogP contribution in [0.2, 0.25) is 5.02 Å². The molecule has 6 heteroatoms. The van der Waals surface area contributed by atoms with E-state index in [0.29, 0.717) is 23.9 Å². The lowest BCUT2D eigenvalue weighted by molar-refractivity contribution is -0.140. The van der Waals surface area contributed by atoms with Crippen LogP contribution < -0.4 is 10.1 Å². The molecule has 1 unspecified atom stereocenters. The van der Waals surface area contributed by atoms with Crippen molar-refractivity contribution in [3.8, 4) is 5.75 Å². The molecule has 2 N–H and O–H groups in total. The summed E-state index contributed by atoms with van der Waals surface area (Å²) < 4.78 is 6.35. The SMILES string of the molecule is O=C(O)C(NCCOc1ccc(Cl)cc1Br)C1CC1. The Bertz CT molecular complexity index is 465. The van der Waals surface area contributed by atoms with Gasteiger partial charge in [-0.3, -0.25) is 4.79 Å². The number of aliphatic carboxylic acids is 1. The summed E-state index contributed by atoms with van der Waals surface area (Å²) >= 11 is 9.19. The Morgan fingerprint density at radius 1 is 1.58 bits per heavy atom. The minimum atomic E-state index is -0.782. The number of hydrogen-bond donors (Lipinski definition) is 2. The van der Waals surface area contributed by atoms with E-state index in [-0.39, 0.29) is 5.92 Å². The molecule has 104 valence electrons. The lowest BCUT2D eigenvalue weighted by Crippen LogP contribution is -2.40. The van der Waals surface area contributed by atoms with Crippen molar-refractivity contribution in [2.75, 3.05) is 13.2 Å². The second-order valence-corrected chi connectivity index (χ2v) is 5.82. The molecule has 1 aromatic carbocycles. The van der Waals surface area contributed by atoms with Crippen molar-refractivity contribution >= 4 is 33.5 Å². The Balaban J connectivity index is 1.75. The fourth-order valence-electron chi connectivity index (χ4n) is 1.85. The Morgan fingerprint density at radius 3 is 2.89 bits per heavy atom. The molecule has 1 saturated carbocycles. The van der Waals surface area contributed by atoms with Gasteiger partial charge in [0.25, 0.3) is 0 Å². The van der Waals surface area contributed by atoms with Gasteiger partial charge in [0, 0.05) is 11.6 Å². The van der Waals surface area contributed by atoms with Gasteiger partial charge in [0.05, 0.1) is 4.47 Å². The molecular weight excluding hydrogens is 334 g/mol. The molecular formula is C13H15BrClNO3. The second-order valence-electron chi connectivity index (χ2n) is 4.53. The van der Waals surface area contributed by atoms with Crippen molar-refractivity contribution < 1.29 is 14.6 Å². The summed E-state index contributed by atoms with van der Waals surface area (Å²) in [6, 6.07) is 4.84. The second kappa shape index (κ2) is 6.59.